The van der Waals surface area contributed by atoms with Gasteiger partial charge in [0, 0.05) is 12.0 Å². The number of ketones is 1. The van der Waals surface area contributed by atoms with Crippen molar-refractivity contribution >= 4 is 5.78 Å². The molecule has 7 heteroatoms. The molecule has 2 aliphatic rings. The van der Waals surface area contributed by atoms with Crippen LogP contribution in [0.1, 0.15) is 33.9 Å². The minimum absolute atomic E-state index is 0.0925. The van der Waals surface area contributed by atoms with Gasteiger partial charge >= 0.3 is 0 Å². The average molecular weight is 440 g/mol. The van der Waals surface area contributed by atoms with Gasteiger partial charge in [0.05, 0.1) is 38.9 Å². The van der Waals surface area contributed by atoms with Gasteiger partial charge in [-0.05, 0) is 29.8 Å². The molecule has 0 fully saturated rings. The minimum atomic E-state index is -0.574. The van der Waals surface area contributed by atoms with Crippen LogP contribution in [0.2, 0.25) is 0 Å². The molecule has 32 heavy (non-hydrogen) atoms. The van der Waals surface area contributed by atoms with Crippen molar-refractivity contribution in [2.75, 3.05) is 34.0 Å². The molecule has 0 spiro atoms. The van der Waals surface area contributed by atoms with E-state index in [1.54, 1.807) is 6.07 Å². The van der Waals surface area contributed by atoms with Gasteiger partial charge in [0.15, 0.2) is 28.8 Å². The Morgan fingerprint density at radius 3 is 2.81 bits per heavy atom. The minimum Gasteiger partial charge on any atom is -0.486 e. The van der Waals surface area contributed by atoms with Gasteiger partial charge in [-0.2, -0.15) is 0 Å². The van der Waals surface area contributed by atoms with E-state index in [1.165, 1.54) is 24.5 Å². The van der Waals surface area contributed by atoms with Crippen molar-refractivity contribution in [1.82, 2.24) is 0 Å². The lowest BCUT2D eigenvalue weighted by Gasteiger charge is -2.43. The standard InChI is InChI=1S/C25H27FNO5/c1-5-11-30-21-8-7-16(12-18(21)26)20(28)14-19-23-17(9-10-27(19,3)4)13-22-24(32-15-31-22)25(23)29-6-2/h5-8,12-13,19H,1-2,9-11,14-15H2,3-4H3/q+1. The number of likely N-dealkylation sites (N-methyl/N-ethyl adjacent to an activating group) is 1. The number of hydrogen-bond donors (Lipinski definition) is 0. The maximum Gasteiger partial charge on any atom is 0.231 e. The van der Waals surface area contributed by atoms with Crippen molar-refractivity contribution in [2.45, 2.75) is 18.9 Å². The number of carbonyl (C=O) groups excluding carboxylic acids is 1. The molecule has 2 heterocycles. The second kappa shape index (κ2) is 8.67. The molecule has 4 rings (SSSR count). The van der Waals surface area contributed by atoms with E-state index in [1.807, 2.05) is 6.07 Å². The fourth-order valence-electron chi connectivity index (χ4n) is 4.35. The molecule has 0 aromatic heterocycles. The van der Waals surface area contributed by atoms with Crippen LogP contribution in [0.4, 0.5) is 4.39 Å². The van der Waals surface area contributed by atoms with E-state index in [2.05, 4.69) is 27.3 Å². The number of hydrogen-bond acceptors (Lipinski definition) is 5. The second-order valence-electron chi connectivity index (χ2n) is 8.44. The highest BCUT2D eigenvalue weighted by Gasteiger charge is 2.42. The number of quaternary nitrogens is 1. The molecule has 1 unspecified atom stereocenters. The van der Waals surface area contributed by atoms with Crippen LogP contribution in [0, 0.1) is 5.82 Å². The molecule has 0 saturated heterocycles. The highest BCUT2D eigenvalue weighted by molar-refractivity contribution is 5.96. The SMILES string of the molecule is C=CCOc1ccc(C(=O)CC2c3c(cc4c(c3OC=C)OCO4)CC[N+]2(C)C)cc1F. The van der Waals surface area contributed by atoms with Crippen molar-refractivity contribution in [1.29, 1.82) is 0 Å². The van der Waals surface area contributed by atoms with Crippen molar-refractivity contribution in [3.05, 3.63) is 72.3 Å². The van der Waals surface area contributed by atoms with Crippen molar-refractivity contribution in [2.24, 2.45) is 0 Å². The first-order valence-electron chi connectivity index (χ1n) is 10.5. The molecule has 0 amide bonds. The topological polar surface area (TPSA) is 54.0 Å². The first-order valence-corrected chi connectivity index (χ1v) is 10.5. The number of Topliss-reactive ketones (excluding diaryl/α,β-unsaturated/α-hetero) is 1. The monoisotopic (exact) mass is 440 g/mol. The molecular weight excluding hydrogens is 413 g/mol. The summed E-state index contributed by atoms with van der Waals surface area (Å²) in [5.74, 6) is 1.05. The van der Waals surface area contributed by atoms with Crippen molar-refractivity contribution in [3.63, 3.8) is 0 Å². The van der Waals surface area contributed by atoms with Crippen molar-refractivity contribution in [3.8, 4) is 23.0 Å². The third kappa shape index (κ3) is 3.96. The first kappa shape index (κ1) is 21.9. The zero-order valence-corrected chi connectivity index (χ0v) is 18.4. The van der Waals surface area contributed by atoms with E-state index >= 15 is 0 Å². The third-order valence-electron chi connectivity index (χ3n) is 6.07. The summed E-state index contributed by atoms with van der Waals surface area (Å²) in [5.41, 5.74) is 2.26. The normalized spacial score (nSPS) is 17.9. The molecule has 0 bridgehead atoms. The van der Waals surface area contributed by atoms with Gasteiger partial charge in [-0.15, -0.1) is 0 Å². The smallest absolute Gasteiger partial charge is 0.231 e. The molecule has 0 saturated carbocycles. The summed E-state index contributed by atoms with van der Waals surface area (Å²) in [6.07, 6.45) is 3.87. The van der Waals surface area contributed by atoms with Crippen LogP contribution >= 0.6 is 0 Å². The van der Waals surface area contributed by atoms with E-state index in [4.69, 9.17) is 18.9 Å². The fourth-order valence-corrected chi connectivity index (χ4v) is 4.35. The number of ether oxygens (including phenoxy) is 4. The molecule has 2 aromatic carbocycles. The summed E-state index contributed by atoms with van der Waals surface area (Å²) in [6, 6.07) is 6.05. The van der Waals surface area contributed by atoms with Crippen LogP contribution in [-0.4, -0.2) is 44.3 Å². The largest absolute Gasteiger partial charge is 0.486 e. The van der Waals surface area contributed by atoms with E-state index in [0.717, 1.165) is 24.1 Å². The number of fused-ring (bicyclic) bond motifs is 2. The number of rotatable bonds is 8. The Morgan fingerprint density at radius 1 is 1.28 bits per heavy atom. The zero-order valence-electron chi connectivity index (χ0n) is 18.4. The lowest BCUT2D eigenvalue weighted by atomic mass is 9.86. The summed E-state index contributed by atoms with van der Waals surface area (Å²) in [7, 11) is 4.16. The van der Waals surface area contributed by atoms with E-state index < -0.39 is 5.82 Å². The molecule has 168 valence electrons. The van der Waals surface area contributed by atoms with Gasteiger partial charge in [-0.3, -0.25) is 4.79 Å². The highest BCUT2D eigenvalue weighted by atomic mass is 19.1. The van der Waals surface area contributed by atoms with Crippen LogP contribution < -0.4 is 18.9 Å². The van der Waals surface area contributed by atoms with E-state index in [9.17, 15) is 9.18 Å². The number of halogens is 1. The van der Waals surface area contributed by atoms with Gasteiger partial charge in [-0.25, -0.2) is 4.39 Å². The van der Waals surface area contributed by atoms with Gasteiger partial charge in [-0.1, -0.05) is 19.2 Å². The number of benzene rings is 2. The zero-order chi connectivity index (χ0) is 22.9. The van der Waals surface area contributed by atoms with Gasteiger partial charge in [0.1, 0.15) is 12.6 Å². The van der Waals surface area contributed by atoms with Crippen LogP contribution in [-0.2, 0) is 6.42 Å². The molecule has 0 aliphatic carbocycles. The second-order valence-corrected chi connectivity index (χ2v) is 8.44. The molecule has 1 atom stereocenters. The van der Waals surface area contributed by atoms with Crippen LogP contribution in [0.3, 0.4) is 0 Å². The Balaban J connectivity index is 1.70. The van der Waals surface area contributed by atoms with Gasteiger partial charge < -0.3 is 23.4 Å². The summed E-state index contributed by atoms with van der Waals surface area (Å²) < 4.78 is 37.3. The highest BCUT2D eigenvalue weighted by Crippen LogP contribution is 2.51. The predicted molar refractivity (Wildman–Crippen MR) is 118 cm³/mol. The summed E-state index contributed by atoms with van der Waals surface area (Å²) in [4.78, 5) is 13.2. The fraction of sp³-hybridized carbons (Fsp3) is 0.320. The Bertz CT molecular complexity index is 1080. The molecule has 2 aliphatic heterocycles. The van der Waals surface area contributed by atoms with E-state index in [0.29, 0.717) is 27.3 Å². The summed E-state index contributed by atoms with van der Waals surface area (Å²) in [5, 5.41) is 0. The molecule has 0 N–H and O–H groups in total. The maximum absolute atomic E-state index is 14.4. The molecule has 6 nitrogen and oxygen atoms in total. The lowest BCUT2D eigenvalue weighted by Crippen LogP contribution is -2.48. The molecule has 0 radical (unpaired) electrons. The maximum atomic E-state index is 14.4. The predicted octanol–water partition coefficient (Wildman–Crippen LogP) is 4.59. The van der Waals surface area contributed by atoms with Gasteiger partial charge in [0.2, 0.25) is 12.5 Å². The Labute approximate surface area is 187 Å². The average Bonchev–Trinajstić information content (AvgIpc) is 3.23. The van der Waals surface area contributed by atoms with Gasteiger partial charge in [0.25, 0.3) is 0 Å². The van der Waals surface area contributed by atoms with Crippen LogP contribution in [0.15, 0.2) is 49.8 Å². The number of nitrogens with zero attached hydrogens (tertiary/aromatic N) is 1. The summed E-state index contributed by atoms with van der Waals surface area (Å²) in [6.45, 7) is 8.39. The third-order valence-corrected chi connectivity index (χ3v) is 6.07. The molecule has 2 aromatic rings. The first-order chi connectivity index (χ1) is 15.4. The Hall–Kier alpha value is -3.32. The van der Waals surface area contributed by atoms with E-state index in [-0.39, 0.29) is 37.4 Å². The Morgan fingerprint density at radius 2 is 2.09 bits per heavy atom. The summed E-state index contributed by atoms with van der Waals surface area (Å²) >= 11 is 0. The Kier molecular flexibility index (Phi) is 5.93. The quantitative estimate of drug-likeness (QED) is 0.260. The van der Waals surface area contributed by atoms with Crippen LogP contribution in [0.5, 0.6) is 23.0 Å². The lowest BCUT2D eigenvalue weighted by molar-refractivity contribution is -0.922. The number of carbonyl (C=O) groups is 1. The van der Waals surface area contributed by atoms with Crippen LogP contribution in [0.25, 0.3) is 0 Å². The van der Waals surface area contributed by atoms with Crippen molar-refractivity contribution < 1.29 is 32.6 Å². The molecular formula is C25H27FNO5+.